The molecule has 5 nitrogen and oxygen atoms in total. The number of carbonyl (C=O) groups is 2. The Kier molecular flexibility index (Phi) is 6.25. The molecule has 28 heavy (non-hydrogen) atoms. The Morgan fingerprint density at radius 3 is 2.25 bits per heavy atom. The van der Waals surface area contributed by atoms with E-state index in [1.807, 2.05) is 30.3 Å². The van der Waals surface area contributed by atoms with Gasteiger partial charge in [0.05, 0.1) is 12.6 Å². The van der Waals surface area contributed by atoms with E-state index < -0.39 is 0 Å². The molecule has 0 aliphatic rings. The smallest absolute Gasteiger partial charge is 0.271 e. The lowest BCUT2D eigenvalue weighted by atomic mass is 10.1. The zero-order valence-corrected chi connectivity index (χ0v) is 14.9. The normalized spacial score (nSPS) is 10.6. The molecule has 0 aliphatic heterocycles. The van der Waals surface area contributed by atoms with E-state index >= 15 is 0 Å². The standard InChI is InChI=1S/C22H18FN3O2/c23-19-10-6-17(7-11-19)15-24-26-22(28)18-8-12-20(13-9-18)25-21(27)14-16-4-2-1-3-5-16/h1-13,15H,14H2,(H,25,27)(H,26,28)/b24-15-. The first kappa shape index (κ1) is 19.0. The molecule has 0 saturated carbocycles. The van der Waals surface area contributed by atoms with Crippen molar-refractivity contribution in [3.05, 3.63) is 101 Å². The van der Waals surface area contributed by atoms with E-state index in [4.69, 9.17) is 0 Å². The lowest BCUT2D eigenvalue weighted by Crippen LogP contribution is -2.18. The number of hydrogen-bond donors (Lipinski definition) is 2. The summed E-state index contributed by atoms with van der Waals surface area (Å²) in [5.74, 6) is -0.857. The van der Waals surface area contributed by atoms with Gasteiger partial charge in [0.15, 0.2) is 0 Å². The Bertz CT molecular complexity index is 969. The van der Waals surface area contributed by atoms with Crippen molar-refractivity contribution in [1.29, 1.82) is 0 Å². The van der Waals surface area contributed by atoms with Gasteiger partial charge < -0.3 is 5.32 Å². The number of rotatable bonds is 6. The summed E-state index contributed by atoms with van der Waals surface area (Å²) < 4.78 is 12.8. The second-order valence-electron chi connectivity index (χ2n) is 6.04. The molecule has 3 aromatic rings. The quantitative estimate of drug-likeness (QED) is 0.509. The molecule has 0 unspecified atom stereocenters. The first-order valence-corrected chi connectivity index (χ1v) is 8.63. The van der Waals surface area contributed by atoms with Crippen molar-refractivity contribution in [2.24, 2.45) is 5.10 Å². The molecule has 2 amide bonds. The molecule has 0 aliphatic carbocycles. The van der Waals surface area contributed by atoms with Gasteiger partial charge in [0.1, 0.15) is 5.82 Å². The van der Waals surface area contributed by atoms with Gasteiger partial charge in [0.25, 0.3) is 5.91 Å². The second kappa shape index (κ2) is 9.23. The van der Waals surface area contributed by atoms with Crippen LogP contribution in [-0.2, 0) is 11.2 Å². The summed E-state index contributed by atoms with van der Waals surface area (Å²) in [5.41, 5.74) is 5.00. The lowest BCUT2D eigenvalue weighted by molar-refractivity contribution is -0.115. The van der Waals surface area contributed by atoms with Gasteiger partial charge in [-0.25, -0.2) is 9.82 Å². The minimum Gasteiger partial charge on any atom is -0.326 e. The van der Waals surface area contributed by atoms with E-state index in [0.717, 1.165) is 5.56 Å². The second-order valence-corrected chi connectivity index (χ2v) is 6.04. The molecule has 0 saturated heterocycles. The topological polar surface area (TPSA) is 70.6 Å². The highest BCUT2D eigenvalue weighted by atomic mass is 19.1. The summed E-state index contributed by atoms with van der Waals surface area (Å²) in [6.45, 7) is 0. The first-order chi connectivity index (χ1) is 13.6. The molecule has 0 heterocycles. The van der Waals surface area contributed by atoms with Gasteiger partial charge in [-0.3, -0.25) is 9.59 Å². The summed E-state index contributed by atoms with van der Waals surface area (Å²) in [6.07, 6.45) is 1.71. The van der Waals surface area contributed by atoms with Crippen LogP contribution in [0, 0.1) is 5.82 Å². The van der Waals surface area contributed by atoms with Gasteiger partial charge in [0, 0.05) is 11.3 Å². The van der Waals surface area contributed by atoms with Gasteiger partial charge in [-0.15, -0.1) is 0 Å². The number of halogens is 1. The van der Waals surface area contributed by atoms with Crippen molar-refractivity contribution in [3.63, 3.8) is 0 Å². The van der Waals surface area contributed by atoms with Crippen LogP contribution in [0.1, 0.15) is 21.5 Å². The molecule has 140 valence electrons. The number of nitrogens with zero attached hydrogens (tertiary/aromatic N) is 1. The van der Waals surface area contributed by atoms with Crippen molar-refractivity contribution in [2.45, 2.75) is 6.42 Å². The zero-order valence-electron chi connectivity index (χ0n) is 14.9. The predicted octanol–water partition coefficient (Wildman–Crippen LogP) is 3.77. The van der Waals surface area contributed by atoms with Crippen LogP contribution in [0.25, 0.3) is 0 Å². The Morgan fingerprint density at radius 2 is 1.57 bits per heavy atom. The van der Waals surface area contributed by atoms with Crippen LogP contribution in [-0.4, -0.2) is 18.0 Å². The fourth-order valence-corrected chi connectivity index (χ4v) is 2.47. The highest BCUT2D eigenvalue weighted by Crippen LogP contribution is 2.11. The van der Waals surface area contributed by atoms with E-state index in [1.165, 1.54) is 18.3 Å². The van der Waals surface area contributed by atoms with Crippen LogP contribution in [0.5, 0.6) is 0 Å². The largest absolute Gasteiger partial charge is 0.326 e. The molecule has 0 fully saturated rings. The summed E-state index contributed by atoms with van der Waals surface area (Å²) in [5, 5.41) is 6.64. The molecule has 0 bridgehead atoms. The van der Waals surface area contributed by atoms with Crippen LogP contribution in [0.4, 0.5) is 10.1 Å². The lowest BCUT2D eigenvalue weighted by Gasteiger charge is -2.06. The predicted molar refractivity (Wildman–Crippen MR) is 107 cm³/mol. The minimum atomic E-state index is -0.388. The zero-order chi connectivity index (χ0) is 19.8. The average molecular weight is 375 g/mol. The fraction of sp³-hybridized carbons (Fsp3) is 0.0455. The maximum absolute atomic E-state index is 12.8. The van der Waals surface area contributed by atoms with Crippen molar-refractivity contribution in [3.8, 4) is 0 Å². The van der Waals surface area contributed by atoms with Crippen molar-refractivity contribution in [1.82, 2.24) is 5.43 Å². The number of nitrogens with one attached hydrogen (secondary N) is 2. The maximum Gasteiger partial charge on any atom is 0.271 e. The number of amides is 2. The third-order valence-electron chi connectivity index (χ3n) is 3.89. The van der Waals surface area contributed by atoms with E-state index in [0.29, 0.717) is 16.8 Å². The number of anilines is 1. The molecule has 6 heteroatoms. The van der Waals surface area contributed by atoms with Crippen LogP contribution in [0.15, 0.2) is 84.0 Å². The van der Waals surface area contributed by atoms with E-state index in [1.54, 1.807) is 36.4 Å². The summed E-state index contributed by atoms with van der Waals surface area (Å²) in [6, 6.07) is 21.7. The van der Waals surface area contributed by atoms with Gasteiger partial charge in [-0.2, -0.15) is 5.10 Å². The number of hydrazone groups is 1. The van der Waals surface area contributed by atoms with Crippen molar-refractivity contribution < 1.29 is 14.0 Å². The molecule has 0 radical (unpaired) electrons. The Morgan fingerprint density at radius 1 is 0.893 bits per heavy atom. The monoisotopic (exact) mass is 375 g/mol. The Hall–Kier alpha value is -3.80. The van der Waals surface area contributed by atoms with Crippen molar-refractivity contribution >= 4 is 23.7 Å². The molecular weight excluding hydrogens is 357 g/mol. The number of benzene rings is 3. The van der Waals surface area contributed by atoms with Crippen LogP contribution < -0.4 is 10.7 Å². The van der Waals surface area contributed by atoms with Crippen LogP contribution in [0.3, 0.4) is 0 Å². The van der Waals surface area contributed by atoms with E-state index in [-0.39, 0.29) is 24.1 Å². The number of carbonyl (C=O) groups excluding carboxylic acids is 2. The third-order valence-corrected chi connectivity index (χ3v) is 3.89. The molecule has 3 aromatic carbocycles. The van der Waals surface area contributed by atoms with Crippen LogP contribution >= 0.6 is 0 Å². The van der Waals surface area contributed by atoms with Crippen molar-refractivity contribution in [2.75, 3.05) is 5.32 Å². The molecule has 2 N–H and O–H groups in total. The SMILES string of the molecule is O=C(Cc1ccccc1)Nc1ccc(C(=O)N/N=C\c2ccc(F)cc2)cc1. The Balaban J connectivity index is 1.52. The average Bonchev–Trinajstić information content (AvgIpc) is 2.70. The van der Waals surface area contributed by atoms with Gasteiger partial charge in [0.2, 0.25) is 5.91 Å². The third kappa shape index (κ3) is 5.60. The fourth-order valence-electron chi connectivity index (χ4n) is 2.47. The Labute approximate surface area is 161 Å². The van der Waals surface area contributed by atoms with Gasteiger partial charge >= 0.3 is 0 Å². The first-order valence-electron chi connectivity index (χ1n) is 8.63. The molecule has 0 atom stereocenters. The van der Waals surface area contributed by atoms with E-state index in [9.17, 15) is 14.0 Å². The summed E-state index contributed by atoms with van der Waals surface area (Å²) in [4.78, 5) is 24.2. The summed E-state index contributed by atoms with van der Waals surface area (Å²) in [7, 11) is 0. The molecule has 0 spiro atoms. The highest BCUT2D eigenvalue weighted by Gasteiger charge is 2.07. The highest BCUT2D eigenvalue weighted by molar-refractivity contribution is 5.96. The number of hydrogen-bond acceptors (Lipinski definition) is 3. The molecular formula is C22H18FN3O2. The molecule has 0 aromatic heterocycles. The van der Waals surface area contributed by atoms with Crippen LogP contribution in [0.2, 0.25) is 0 Å². The molecule has 3 rings (SSSR count). The van der Waals surface area contributed by atoms with Gasteiger partial charge in [-0.05, 0) is 47.5 Å². The summed E-state index contributed by atoms with van der Waals surface area (Å²) >= 11 is 0. The van der Waals surface area contributed by atoms with E-state index in [2.05, 4.69) is 15.8 Å². The minimum absolute atomic E-state index is 0.132. The maximum atomic E-state index is 12.8. The van der Waals surface area contributed by atoms with Gasteiger partial charge in [-0.1, -0.05) is 42.5 Å².